The van der Waals surface area contributed by atoms with Gasteiger partial charge in [-0.1, -0.05) is 23.7 Å². The summed E-state index contributed by atoms with van der Waals surface area (Å²) in [6.45, 7) is 0.151. The van der Waals surface area contributed by atoms with Gasteiger partial charge in [0.1, 0.15) is 17.4 Å². The Morgan fingerprint density at radius 1 is 1.29 bits per heavy atom. The molecule has 0 spiro atoms. The molecule has 0 saturated carbocycles. The van der Waals surface area contributed by atoms with Crippen LogP contribution < -0.4 is 4.74 Å². The van der Waals surface area contributed by atoms with Gasteiger partial charge in [-0.2, -0.15) is 0 Å². The fourth-order valence-corrected chi connectivity index (χ4v) is 3.38. The first-order valence-electron chi connectivity index (χ1n) is 7.07. The maximum Gasteiger partial charge on any atom is 0.288 e. The lowest BCUT2D eigenvalue weighted by Gasteiger charge is -2.13. The molecule has 0 aliphatic heterocycles. The van der Waals surface area contributed by atoms with Crippen LogP contribution in [-0.4, -0.2) is 16.2 Å². The first-order chi connectivity index (χ1) is 11.6. The zero-order valence-electron chi connectivity index (χ0n) is 12.7. The Bertz CT molecular complexity index is 912. The van der Waals surface area contributed by atoms with Gasteiger partial charge in [-0.3, -0.25) is 15.1 Å². The summed E-state index contributed by atoms with van der Waals surface area (Å²) in [5.74, 6) is 0.685. The minimum Gasteiger partial charge on any atom is -0.488 e. The van der Waals surface area contributed by atoms with Crippen molar-refractivity contribution in [1.29, 1.82) is 0 Å². The fraction of sp³-hybridized carbons (Fsp3) is 0.118. The van der Waals surface area contributed by atoms with Crippen molar-refractivity contribution in [2.24, 2.45) is 0 Å². The van der Waals surface area contributed by atoms with E-state index in [-0.39, 0.29) is 17.3 Å². The van der Waals surface area contributed by atoms with E-state index in [1.165, 1.54) is 17.8 Å². The van der Waals surface area contributed by atoms with Gasteiger partial charge < -0.3 is 4.74 Å². The first-order valence-corrected chi connectivity index (χ1v) is 8.67. The Balaban J connectivity index is 1.96. The standard InChI is InChI=1S/C17H13ClN2O3S/c1-24-16-6-5-14(20(21)22)17(18)13(16)10-23-15-4-2-3-11-9-19-8-7-12(11)15/h2-9H,10H2,1H3. The SMILES string of the molecule is CSc1ccc([N+](=O)[O-])c(Cl)c1COc1cccc2cnccc12. The second-order valence-electron chi connectivity index (χ2n) is 4.98. The average Bonchev–Trinajstić information content (AvgIpc) is 2.60. The van der Waals surface area contributed by atoms with Crippen LogP contribution in [0.1, 0.15) is 5.56 Å². The van der Waals surface area contributed by atoms with Gasteiger partial charge in [0.25, 0.3) is 5.69 Å². The summed E-state index contributed by atoms with van der Waals surface area (Å²) in [5, 5.41) is 13.1. The predicted octanol–water partition coefficient (Wildman–Crippen LogP) is 5.10. The van der Waals surface area contributed by atoms with Gasteiger partial charge in [0.2, 0.25) is 0 Å². The number of nitrogens with zero attached hydrogens (tertiary/aromatic N) is 2. The molecule has 0 amide bonds. The fourth-order valence-electron chi connectivity index (χ4n) is 2.43. The number of rotatable bonds is 5. The van der Waals surface area contributed by atoms with E-state index >= 15 is 0 Å². The molecule has 1 heterocycles. The van der Waals surface area contributed by atoms with E-state index in [2.05, 4.69) is 4.98 Å². The maximum absolute atomic E-state index is 11.1. The number of hydrogen-bond donors (Lipinski definition) is 0. The van der Waals surface area contributed by atoms with Crippen LogP contribution in [0.5, 0.6) is 5.75 Å². The van der Waals surface area contributed by atoms with Crippen LogP contribution in [0.2, 0.25) is 5.02 Å². The second kappa shape index (κ2) is 7.07. The molecule has 0 aliphatic carbocycles. The van der Waals surface area contributed by atoms with Gasteiger partial charge in [-0.15, -0.1) is 11.8 Å². The smallest absolute Gasteiger partial charge is 0.288 e. The molecule has 3 rings (SSSR count). The minimum absolute atomic E-state index is 0.116. The first kappa shape index (κ1) is 16.5. The van der Waals surface area contributed by atoms with Crippen molar-refractivity contribution in [3.63, 3.8) is 0 Å². The molecule has 0 saturated heterocycles. The topological polar surface area (TPSA) is 65.3 Å². The minimum atomic E-state index is -0.487. The Hall–Kier alpha value is -2.31. The van der Waals surface area contributed by atoms with E-state index in [4.69, 9.17) is 16.3 Å². The Morgan fingerprint density at radius 2 is 2.12 bits per heavy atom. The highest BCUT2D eigenvalue weighted by Crippen LogP contribution is 2.36. The second-order valence-corrected chi connectivity index (χ2v) is 6.20. The van der Waals surface area contributed by atoms with Crippen molar-refractivity contribution in [3.8, 4) is 5.75 Å². The molecule has 7 heteroatoms. The van der Waals surface area contributed by atoms with Gasteiger partial charge in [-0.05, 0) is 24.5 Å². The largest absolute Gasteiger partial charge is 0.488 e. The van der Waals surface area contributed by atoms with Crippen molar-refractivity contribution in [3.05, 3.63) is 69.5 Å². The van der Waals surface area contributed by atoms with Crippen molar-refractivity contribution >= 4 is 39.8 Å². The van der Waals surface area contributed by atoms with E-state index in [0.29, 0.717) is 11.3 Å². The molecule has 0 radical (unpaired) electrons. The summed E-state index contributed by atoms with van der Waals surface area (Å²) in [6, 6.07) is 10.7. The van der Waals surface area contributed by atoms with Crippen molar-refractivity contribution < 1.29 is 9.66 Å². The van der Waals surface area contributed by atoms with Gasteiger partial charge in [0, 0.05) is 39.7 Å². The average molecular weight is 361 g/mol. The highest BCUT2D eigenvalue weighted by molar-refractivity contribution is 7.98. The number of pyridine rings is 1. The molecule has 0 N–H and O–H groups in total. The van der Waals surface area contributed by atoms with Crippen LogP contribution in [0.15, 0.2) is 53.7 Å². The maximum atomic E-state index is 11.1. The molecule has 2 aromatic carbocycles. The van der Waals surface area contributed by atoms with E-state index in [9.17, 15) is 10.1 Å². The summed E-state index contributed by atoms with van der Waals surface area (Å²) in [5.41, 5.74) is 0.500. The van der Waals surface area contributed by atoms with E-state index < -0.39 is 4.92 Å². The summed E-state index contributed by atoms with van der Waals surface area (Å²) in [7, 11) is 0. The lowest BCUT2D eigenvalue weighted by Crippen LogP contribution is -2.01. The molecule has 24 heavy (non-hydrogen) atoms. The number of thioether (sulfide) groups is 1. The molecule has 0 fully saturated rings. The molecule has 3 aromatic rings. The Kier molecular flexibility index (Phi) is 4.87. The quantitative estimate of drug-likeness (QED) is 0.360. The van der Waals surface area contributed by atoms with Crippen LogP contribution in [0, 0.1) is 10.1 Å². The third kappa shape index (κ3) is 3.16. The van der Waals surface area contributed by atoms with E-state index in [0.717, 1.165) is 15.7 Å². The summed E-state index contributed by atoms with van der Waals surface area (Å²) in [6.07, 6.45) is 5.35. The number of benzene rings is 2. The molecule has 122 valence electrons. The predicted molar refractivity (Wildman–Crippen MR) is 96.0 cm³/mol. The van der Waals surface area contributed by atoms with Crippen LogP contribution >= 0.6 is 23.4 Å². The van der Waals surface area contributed by atoms with Crippen molar-refractivity contribution in [2.75, 3.05) is 6.26 Å². The van der Waals surface area contributed by atoms with Crippen LogP contribution in [0.25, 0.3) is 10.8 Å². The number of hydrogen-bond acceptors (Lipinski definition) is 5. The number of fused-ring (bicyclic) bond motifs is 1. The zero-order chi connectivity index (χ0) is 17.1. The highest BCUT2D eigenvalue weighted by Gasteiger charge is 2.19. The van der Waals surface area contributed by atoms with Crippen LogP contribution in [0.4, 0.5) is 5.69 Å². The molecular weight excluding hydrogens is 348 g/mol. The van der Waals surface area contributed by atoms with Gasteiger partial charge >= 0.3 is 0 Å². The summed E-state index contributed by atoms with van der Waals surface area (Å²) >= 11 is 7.70. The number of nitro groups is 1. The van der Waals surface area contributed by atoms with Crippen molar-refractivity contribution in [1.82, 2.24) is 4.98 Å². The molecule has 5 nitrogen and oxygen atoms in total. The number of ether oxygens (including phenoxy) is 1. The summed E-state index contributed by atoms with van der Waals surface area (Å²) < 4.78 is 5.92. The number of nitro benzene ring substituents is 1. The lowest BCUT2D eigenvalue weighted by molar-refractivity contribution is -0.384. The number of aromatic nitrogens is 1. The molecule has 0 atom stereocenters. The molecule has 1 aromatic heterocycles. The summed E-state index contributed by atoms with van der Waals surface area (Å²) in [4.78, 5) is 15.5. The Morgan fingerprint density at radius 3 is 2.88 bits per heavy atom. The van der Waals surface area contributed by atoms with Gasteiger partial charge in [0.15, 0.2) is 0 Å². The molecule has 0 unspecified atom stereocenters. The normalized spacial score (nSPS) is 10.8. The third-order valence-corrected chi connectivity index (χ3v) is 4.85. The van der Waals surface area contributed by atoms with Crippen LogP contribution in [0.3, 0.4) is 0 Å². The van der Waals surface area contributed by atoms with Gasteiger partial charge in [0.05, 0.1) is 4.92 Å². The van der Waals surface area contributed by atoms with Crippen molar-refractivity contribution in [2.45, 2.75) is 11.5 Å². The lowest BCUT2D eigenvalue weighted by atomic mass is 10.1. The molecule has 0 bridgehead atoms. The van der Waals surface area contributed by atoms with Gasteiger partial charge in [-0.25, -0.2) is 0 Å². The van der Waals surface area contributed by atoms with E-state index in [1.54, 1.807) is 18.5 Å². The third-order valence-electron chi connectivity index (χ3n) is 3.61. The molecular formula is C17H13ClN2O3S. The zero-order valence-corrected chi connectivity index (χ0v) is 14.3. The van der Waals surface area contributed by atoms with Crippen LogP contribution in [-0.2, 0) is 6.61 Å². The number of halogens is 1. The molecule has 0 aliphatic rings. The monoisotopic (exact) mass is 360 g/mol. The highest BCUT2D eigenvalue weighted by atomic mass is 35.5. The van der Waals surface area contributed by atoms with E-state index in [1.807, 2.05) is 30.5 Å². The Labute approximate surface area is 147 Å².